The van der Waals surface area contributed by atoms with Crippen molar-refractivity contribution in [2.45, 2.75) is 25.5 Å². The van der Waals surface area contributed by atoms with Gasteiger partial charge in [0.2, 0.25) is 5.95 Å². The maximum absolute atomic E-state index is 12.0. The minimum atomic E-state index is -2.86. The zero-order chi connectivity index (χ0) is 15.8. The molecule has 1 saturated heterocycles. The third-order valence-electron chi connectivity index (χ3n) is 3.03. The lowest BCUT2D eigenvalue weighted by Crippen LogP contribution is -2.37. The van der Waals surface area contributed by atoms with Gasteiger partial charge in [-0.3, -0.25) is 0 Å². The molecule has 1 aliphatic rings. The second kappa shape index (κ2) is 9.29. The summed E-state index contributed by atoms with van der Waals surface area (Å²) in [6.07, 6.45) is 4.38. The lowest BCUT2D eigenvalue weighted by atomic mass is 10.1. The fourth-order valence-electron chi connectivity index (χ4n) is 2.00. The largest absolute Gasteiger partial charge is 0.432 e. The summed E-state index contributed by atoms with van der Waals surface area (Å²) >= 11 is 7.19. The van der Waals surface area contributed by atoms with Crippen LogP contribution in [0.4, 0.5) is 14.7 Å². The number of alkyl halides is 3. The zero-order valence-electron chi connectivity index (χ0n) is 11.8. The molecule has 6 nitrogen and oxygen atoms in total. The highest BCUT2D eigenvalue weighted by atomic mass is 35.5. The number of nitrogens with zero attached hydrogens (tertiary/aromatic N) is 3. The third-order valence-corrected chi connectivity index (χ3v) is 4.18. The number of halogens is 3. The molecule has 0 aliphatic carbocycles. The Kier molecular flexibility index (Phi) is 7.37. The number of anilines is 1. The highest BCUT2D eigenvalue weighted by molar-refractivity contribution is 7.95. The Morgan fingerprint density at radius 3 is 2.64 bits per heavy atom. The van der Waals surface area contributed by atoms with Crippen molar-refractivity contribution in [1.82, 2.24) is 19.0 Å². The van der Waals surface area contributed by atoms with E-state index < -0.39 is 6.61 Å². The number of hydrogen-bond acceptors (Lipinski definition) is 7. The van der Waals surface area contributed by atoms with Crippen LogP contribution in [0.25, 0.3) is 0 Å². The summed E-state index contributed by atoms with van der Waals surface area (Å²) in [5.41, 5.74) is 0. The van der Waals surface area contributed by atoms with Gasteiger partial charge in [-0.25, -0.2) is 19.0 Å². The number of aromatic nitrogens is 2. The van der Waals surface area contributed by atoms with E-state index in [1.165, 1.54) is 12.4 Å². The maximum Gasteiger partial charge on any atom is 0.387 e. The number of nitrogens with one attached hydrogen (secondary N) is 2. The summed E-state index contributed by atoms with van der Waals surface area (Å²) in [6, 6.07) is 0.270. The van der Waals surface area contributed by atoms with Crippen LogP contribution in [-0.2, 0) is 0 Å². The highest BCUT2D eigenvalue weighted by Gasteiger charge is 2.20. The van der Waals surface area contributed by atoms with Crippen LogP contribution in [0.3, 0.4) is 0 Å². The first-order chi connectivity index (χ1) is 10.7. The van der Waals surface area contributed by atoms with Crippen molar-refractivity contribution in [3.05, 3.63) is 12.4 Å². The van der Waals surface area contributed by atoms with Gasteiger partial charge >= 0.3 is 6.61 Å². The Bertz CT molecular complexity index is 434. The predicted octanol–water partition coefficient (Wildman–Crippen LogP) is 2.35. The standard InChI is InChI=1S/C12H18ClF2N5OS/c13-3-4-18-22-20-5-1-9(2-6-20)19-12-16-7-10(8-17-12)21-11(14)15/h7-9,11,18H,1-6H2,(H,16,17,19). The van der Waals surface area contributed by atoms with Gasteiger partial charge in [0.1, 0.15) is 0 Å². The van der Waals surface area contributed by atoms with Gasteiger partial charge in [-0.15, -0.1) is 11.6 Å². The molecule has 124 valence electrons. The molecule has 0 spiro atoms. The van der Waals surface area contributed by atoms with Crippen molar-refractivity contribution in [1.29, 1.82) is 0 Å². The fourth-order valence-corrected chi connectivity index (χ4v) is 2.98. The first-order valence-corrected chi connectivity index (χ1v) is 8.22. The molecule has 2 rings (SSSR count). The minimum Gasteiger partial charge on any atom is -0.432 e. The van der Waals surface area contributed by atoms with Gasteiger partial charge in [-0.05, 0) is 12.8 Å². The molecule has 1 aromatic heterocycles. The van der Waals surface area contributed by atoms with E-state index in [9.17, 15) is 8.78 Å². The molecule has 1 aromatic rings. The van der Waals surface area contributed by atoms with Gasteiger partial charge in [0, 0.05) is 43.7 Å². The van der Waals surface area contributed by atoms with E-state index in [0.717, 1.165) is 32.5 Å². The summed E-state index contributed by atoms with van der Waals surface area (Å²) in [4.78, 5) is 7.96. The highest BCUT2D eigenvalue weighted by Crippen LogP contribution is 2.19. The summed E-state index contributed by atoms with van der Waals surface area (Å²) < 4.78 is 33.7. The molecule has 0 atom stereocenters. The van der Waals surface area contributed by atoms with E-state index in [0.29, 0.717) is 11.8 Å². The van der Waals surface area contributed by atoms with E-state index >= 15 is 0 Å². The van der Waals surface area contributed by atoms with Crippen LogP contribution in [0.1, 0.15) is 12.8 Å². The predicted molar refractivity (Wildman–Crippen MR) is 83.2 cm³/mol. The summed E-state index contributed by atoms with van der Waals surface area (Å²) in [6.45, 7) is -0.226. The van der Waals surface area contributed by atoms with E-state index in [1.807, 2.05) is 0 Å². The van der Waals surface area contributed by atoms with Crippen molar-refractivity contribution < 1.29 is 13.5 Å². The number of rotatable bonds is 8. The van der Waals surface area contributed by atoms with E-state index in [2.05, 4.69) is 29.0 Å². The van der Waals surface area contributed by atoms with Gasteiger partial charge in [0.05, 0.1) is 12.4 Å². The molecule has 0 unspecified atom stereocenters. The van der Waals surface area contributed by atoms with Crippen LogP contribution < -0.4 is 14.8 Å². The first-order valence-electron chi connectivity index (χ1n) is 6.91. The molecule has 10 heteroatoms. The van der Waals surface area contributed by atoms with Crippen LogP contribution in [0.5, 0.6) is 5.75 Å². The van der Waals surface area contributed by atoms with Crippen molar-refractivity contribution in [3.63, 3.8) is 0 Å². The van der Waals surface area contributed by atoms with Gasteiger partial charge in [-0.2, -0.15) is 8.78 Å². The molecule has 0 saturated carbocycles. The maximum atomic E-state index is 12.0. The fraction of sp³-hybridized carbons (Fsp3) is 0.667. The summed E-state index contributed by atoms with van der Waals surface area (Å²) in [5.74, 6) is 0.971. The Hall–Kier alpha value is -0.900. The molecule has 22 heavy (non-hydrogen) atoms. The smallest absolute Gasteiger partial charge is 0.387 e. The van der Waals surface area contributed by atoms with Crippen molar-refractivity contribution >= 4 is 29.7 Å². The summed E-state index contributed by atoms with van der Waals surface area (Å²) in [7, 11) is 0. The minimum absolute atomic E-state index is 0.0443. The average molecular weight is 354 g/mol. The molecule has 2 heterocycles. The number of hydrogen-bond donors (Lipinski definition) is 2. The second-order valence-electron chi connectivity index (χ2n) is 4.64. The molecule has 0 amide bonds. The lowest BCUT2D eigenvalue weighted by Gasteiger charge is -2.31. The Balaban J connectivity index is 1.71. The molecule has 1 aliphatic heterocycles. The van der Waals surface area contributed by atoms with Crippen molar-refractivity contribution in [2.75, 3.05) is 30.8 Å². The molecule has 0 aromatic carbocycles. The molecule has 0 bridgehead atoms. The first kappa shape index (κ1) is 17.5. The zero-order valence-corrected chi connectivity index (χ0v) is 13.4. The SMILES string of the molecule is FC(F)Oc1cnc(NC2CCN(SNCCCl)CC2)nc1. The van der Waals surface area contributed by atoms with E-state index in [4.69, 9.17) is 11.6 Å². The molecular weight excluding hydrogens is 336 g/mol. The second-order valence-corrected chi connectivity index (χ2v) is 6.01. The Morgan fingerprint density at radius 1 is 1.36 bits per heavy atom. The van der Waals surface area contributed by atoms with Gasteiger partial charge in [0.25, 0.3) is 0 Å². The van der Waals surface area contributed by atoms with Crippen LogP contribution in [0, 0.1) is 0 Å². The molecular formula is C12H18ClF2N5OS. The third kappa shape index (κ3) is 6.07. The van der Waals surface area contributed by atoms with Crippen molar-refractivity contribution in [3.8, 4) is 5.75 Å². The molecule has 2 N–H and O–H groups in total. The van der Waals surface area contributed by atoms with Gasteiger partial charge in [0.15, 0.2) is 5.75 Å². The Labute approximate surface area is 137 Å². The number of piperidine rings is 1. The Morgan fingerprint density at radius 2 is 2.05 bits per heavy atom. The molecule has 1 fully saturated rings. The van der Waals surface area contributed by atoms with Crippen molar-refractivity contribution in [2.24, 2.45) is 0 Å². The number of ether oxygens (including phenoxy) is 1. The average Bonchev–Trinajstić information content (AvgIpc) is 2.51. The quantitative estimate of drug-likeness (QED) is 0.422. The van der Waals surface area contributed by atoms with Crippen LogP contribution in [0.2, 0.25) is 0 Å². The van der Waals surface area contributed by atoms with E-state index in [1.54, 1.807) is 12.1 Å². The van der Waals surface area contributed by atoms with E-state index in [-0.39, 0.29) is 11.8 Å². The lowest BCUT2D eigenvalue weighted by molar-refractivity contribution is -0.0503. The van der Waals surface area contributed by atoms with Crippen LogP contribution in [0.15, 0.2) is 12.4 Å². The van der Waals surface area contributed by atoms with Gasteiger partial charge < -0.3 is 10.1 Å². The van der Waals surface area contributed by atoms with Gasteiger partial charge in [-0.1, -0.05) is 0 Å². The summed E-state index contributed by atoms with van der Waals surface area (Å²) in [5, 5.41) is 3.21. The normalized spacial score (nSPS) is 16.9. The van der Waals surface area contributed by atoms with Crippen LogP contribution >= 0.6 is 23.7 Å². The monoisotopic (exact) mass is 353 g/mol. The molecule has 0 radical (unpaired) electrons. The topological polar surface area (TPSA) is 62.3 Å². The van der Waals surface area contributed by atoms with Crippen LogP contribution in [-0.4, -0.2) is 52.4 Å².